The smallest absolute Gasteiger partial charge is 0.261 e. The Balaban J connectivity index is 1.60. The average molecular weight is 683 g/mol. The predicted octanol–water partition coefficient (Wildman–Crippen LogP) is 6.78. The van der Waals surface area contributed by atoms with Gasteiger partial charge in [-0.25, -0.2) is 0 Å². The molecule has 0 bridgehead atoms. The number of ether oxygens (including phenoxy) is 1. The summed E-state index contributed by atoms with van der Waals surface area (Å²) in [4.78, 5) is 12.5. The Bertz CT molecular complexity index is 1150. The van der Waals surface area contributed by atoms with Crippen molar-refractivity contribution < 1.29 is 9.53 Å². The van der Waals surface area contributed by atoms with Gasteiger partial charge in [0.25, 0.3) is 5.91 Å². The van der Waals surface area contributed by atoms with Gasteiger partial charge in [-0.2, -0.15) is 5.26 Å². The van der Waals surface area contributed by atoms with Crippen molar-refractivity contribution >= 4 is 68.8 Å². The van der Waals surface area contributed by atoms with Crippen LogP contribution in [0.25, 0.3) is 6.08 Å². The number of nitrogens with one attached hydrogen (secondary N) is 1. The van der Waals surface area contributed by atoms with Crippen LogP contribution in [-0.2, 0) is 17.8 Å². The molecule has 0 radical (unpaired) electrons. The van der Waals surface area contributed by atoms with E-state index in [1.165, 1.54) is 5.56 Å². The van der Waals surface area contributed by atoms with E-state index in [0.29, 0.717) is 18.2 Å². The van der Waals surface area contributed by atoms with E-state index >= 15 is 0 Å². The van der Waals surface area contributed by atoms with Gasteiger partial charge in [0.2, 0.25) is 0 Å². The van der Waals surface area contributed by atoms with Crippen molar-refractivity contribution in [2.45, 2.75) is 19.4 Å². The Morgan fingerprint density at radius 3 is 2.33 bits per heavy atom. The van der Waals surface area contributed by atoms with Gasteiger partial charge in [0.1, 0.15) is 24.0 Å². The lowest BCUT2D eigenvalue weighted by Gasteiger charge is -2.12. The van der Waals surface area contributed by atoms with Gasteiger partial charge in [-0.1, -0.05) is 54.1 Å². The van der Waals surface area contributed by atoms with Crippen molar-refractivity contribution in [3.63, 3.8) is 0 Å². The molecule has 1 N–H and O–H groups in total. The standard InChI is InChI=1S/C26H21ClI2N2O2/c27-22-10-8-19(9-11-22)17-33-25-23(28)14-20(15-24(25)29)13-21(16-30)26(32)31-12-4-7-18-5-2-1-3-6-18/h1-3,5-6,8-11,13-15H,4,7,12,17H2,(H,31,32)/b21-13-. The first kappa shape index (κ1) is 25.5. The van der Waals surface area contributed by atoms with Crippen LogP contribution < -0.4 is 10.1 Å². The van der Waals surface area contributed by atoms with Crippen molar-refractivity contribution in [3.8, 4) is 11.8 Å². The molecule has 0 spiro atoms. The summed E-state index contributed by atoms with van der Waals surface area (Å²) in [6.07, 6.45) is 3.30. The molecule has 1 amide bonds. The van der Waals surface area contributed by atoms with Crippen molar-refractivity contribution in [1.29, 1.82) is 5.26 Å². The predicted molar refractivity (Wildman–Crippen MR) is 149 cm³/mol. The lowest BCUT2D eigenvalue weighted by atomic mass is 10.1. The van der Waals surface area contributed by atoms with Crippen LogP contribution in [0.3, 0.4) is 0 Å². The van der Waals surface area contributed by atoms with Crippen molar-refractivity contribution in [1.82, 2.24) is 5.32 Å². The van der Waals surface area contributed by atoms with Crippen LogP contribution >= 0.6 is 56.8 Å². The minimum atomic E-state index is -0.362. The van der Waals surface area contributed by atoms with E-state index in [-0.39, 0.29) is 11.5 Å². The number of aryl methyl sites for hydroxylation is 1. The van der Waals surface area contributed by atoms with Gasteiger partial charge < -0.3 is 10.1 Å². The van der Waals surface area contributed by atoms with Gasteiger partial charge >= 0.3 is 0 Å². The number of amides is 1. The minimum Gasteiger partial charge on any atom is -0.487 e. The summed E-state index contributed by atoms with van der Waals surface area (Å²) >= 11 is 10.3. The lowest BCUT2D eigenvalue weighted by molar-refractivity contribution is -0.117. The Labute approximate surface area is 226 Å². The maximum Gasteiger partial charge on any atom is 0.261 e. The van der Waals surface area contributed by atoms with Crippen LogP contribution in [0.4, 0.5) is 0 Å². The molecule has 33 heavy (non-hydrogen) atoms. The summed E-state index contributed by atoms with van der Waals surface area (Å²) in [7, 11) is 0. The highest BCUT2D eigenvalue weighted by Gasteiger charge is 2.12. The van der Waals surface area contributed by atoms with Crippen LogP contribution in [0.5, 0.6) is 5.75 Å². The fourth-order valence-corrected chi connectivity index (χ4v) is 5.34. The minimum absolute atomic E-state index is 0.0798. The maximum absolute atomic E-state index is 12.5. The van der Waals surface area contributed by atoms with Crippen LogP contribution in [0.15, 0.2) is 72.3 Å². The first-order chi connectivity index (χ1) is 16.0. The highest BCUT2D eigenvalue weighted by Crippen LogP contribution is 2.30. The van der Waals surface area contributed by atoms with E-state index in [2.05, 4.69) is 62.6 Å². The molecule has 0 saturated heterocycles. The SMILES string of the molecule is N#C/C(=C/c1cc(I)c(OCc2ccc(Cl)cc2)c(I)c1)C(=O)NCCCc1ccccc1. The molecule has 7 heteroatoms. The molecule has 0 aliphatic heterocycles. The van der Waals surface area contributed by atoms with E-state index in [4.69, 9.17) is 16.3 Å². The van der Waals surface area contributed by atoms with E-state index in [1.54, 1.807) is 6.08 Å². The van der Waals surface area contributed by atoms with Crippen molar-refractivity contribution in [2.75, 3.05) is 6.54 Å². The van der Waals surface area contributed by atoms with Gasteiger partial charge in [-0.15, -0.1) is 0 Å². The molecule has 3 aromatic carbocycles. The fourth-order valence-electron chi connectivity index (χ4n) is 3.09. The Hall–Kier alpha value is -2.09. The van der Waals surface area contributed by atoms with Gasteiger partial charge in [-0.3, -0.25) is 4.79 Å². The normalized spacial score (nSPS) is 11.0. The van der Waals surface area contributed by atoms with Crippen LogP contribution in [-0.4, -0.2) is 12.5 Å². The van der Waals surface area contributed by atoms with E-state index in [1.807, 2.05) is 60.7 Å². The average Bonchev–Trinajstić information content (AvgIpc) is 2.81. The largest absolute Gasteiger partial charge is 0.487 e. The van der Waals surface area contributed by atoms with Crippen molar-refractivity contribution in [2.24, 2.45) is 0 Å². The zero-order chi connectivity index (χ0) is 23.6. The fraction of sp³-hybridized carbons (Fsp3) is 0.154. The molecule has 0 aliphatic rings. The molecule has 3 rings (SSSR count). The van der Waals surface area contributed by atoms with E-state index in [9.17, 15) is 10.1 Å². The highest BCUT2D eigenvalue weighted by atomic mass is 127. The second-order valence-electron chi connectivity index (χ2n) is 7.24. The molecule has 0 aliphatic carbocycles. The Morgan fingerprint density at radius 2 is 1.70 bits per heavy atom. The van der Waals surface area contributed by atoms with Crippen molar-refractivity contribution in [3.05, 3.63) is 101 Å². The number of nitriles is 1. The summed E-state index contributed by atoms with van der Waals surface area (Å²) in [6, 6.07) is 23.5. The molecule has 4 nitrogen and oxygen atoms in total. The van der Waals surface area contributed by atoms with Gasteiger partial charge in [-0.05, 0) is 105 Å². The Morgan fingerprint density at radius 1 is 1.03 bits per heavy atom. The molecule has 0 unspecified atom stereocenters. The number of hydrogen-bond donors (Lipinski definition) is 1. The number of carbonyl (C=O) groups excluding carboxylic acids is 1. The third-order valence-corrected chi connectivity index (χ3v) is 6.62. The zero-order valence-corrected chi connectivity index (χ0v) is 22.7. The molecule has 0 fully saturated rings. The number of carbonyl (C=O) groups is 1. The van der Waals surface area contributed by atoms with Crippen LogP contribution in [0.2, 0.25) is 5.02 Å². The second kappa shape index (κ2) is 13.0. The van der Waals surface area contributed by atoms with Crippen LogP contribution in [0.1, 0.15) is 23.1 Å². The number of nitrogens with zero attached hydrogens (tertiary/aromatic N) is 1. The second-order valence-corrected chi connectivity index (χ2v) is 10.0. The molecule has 168 valence electrons. The third kappa shape index (κ3) is 8.02. The monoisotopic (exact) mass is 682 g/mol. The number of benzene rings is 3. The number of halogens is 3. The molecular weight excluding hydrogens is 662 g/mol. The van der Waals surface area contributed by atoms with Crippen LogP contribution in [0, 0.1) is 18.5 Å². The molecule has 0 saturated carbocycles. The van der Waals surface area contributed by atoms with Gasteiger partial charge in [0, 0.05) is 11.6 Å². The van der Waals surface area contributed by atoms with E-state index in [0.717, 1.165) is 36.9 Å². The molecule has 3 aromatic rings. The molecular formula is C26H21ClI2N2O2. The lowest BCUT2D eigenvalue weighted by Crippen LogP contribution is -2.25. The first-order valence-corrected chi connectivity index (χ1v) is 12.8. The Kier molecular flexibility index (Phi) is 10.0. The van der Waals surface area contributed by atoms with E-state index < -0.39 is 0 Å². The quantitative estimate of drug-likeness (QED) is 0.117. The summed E-state index contributed by atoms with van der Waals surface area (Å²) < 4.78 is 7.81. The maximum atomic E-state index is 12.5. The third-order valence-electron chi connectivity index (χ3n) is 4.76. The summed E-state index contributed by atoms with van der Waals surface area (Å²) in [5.74, 6) is 0.408. The summed E-state index contributed by atoms with van der Waals surface area (Å²) in [5.41, 5.74) is 3.10. The van der Waals surface area contributed by atoms with Gasteiger partial charge in [0.05, 0.1) is 7.14 Å². The number of rotatable bonds is 9. The zero-order valence-electron chi connectivity index (χ0n) is 17.7. The molecule has 0 heterocycles. The summed E-state index contributed by atoms with van der Waals surface area (Å²) in [5, 5.41) is 13.0. The molecule has 0 aromatic heterocycles. The molecule has 0 atom stereocenters. The first-order valence-electron chi connectivity index (χ1n) is 10.3. The summed E-state index contributed by atoms with van der Waals surface area (Å²) in [6.45, 7) is 0.937. The van der Waals surface area contributed by atoms with Gasteiger partial charge in [0.15, 0.2) is 0 Å². The number of hydrogen-bond acceptors (Lipinski definition) is 3. The topological polar surface area (TPSA) is 62.1 Å². The highest BCUT2D eigenvalue weighted by molar-refractivity contribution is 14.1.